The van der Waals surface area contributed by atoms with E-state index >= 15 is 0 Å². The number of nitrogens with zero attached hydrogens (tertiary/aromatic N) is 1. The molecule has 3 rings (SSSR count). The lowest BCUT2D eigenvalue weighted by Gasteiger charge is -2.25. The number of hydrogen-bond acceptors (Lipinski definition) is 3. The van der Waals surface area contributed by atoms with Crippen LogP contribution in [0.1, 0.15) is 20.3 Å². The fourth-order valence-electron chi connectivity index (χ4n) is 3.37. The van der Waals surface area contributed by atoms with Crippen LogP contribution in [0, 0.1) is 5.41 Å². The molecule has 0 saturated carbocycles. The summed E-state index contributed by atoms with van der Waals surface area (Å²) in [5.74, 6) is -0.926. The summed E-state index contributed by atoms with van der Waals surface area (Å²) in [6, 6.07) is 17.2. The highest BCUT2D eigenvalue weighted by Gasteiger charge is 2.42. The van der Waals surface area contributed by atoms with Crippen LogP contribution < -0.4 is 5.32 Å². The maximum atomic E-state index is 12.8. The van der Waals surface area contributed by atoms with Gasteiger partial charge in [0.25, 0.3) is 0 Å². The number of carbonyl (C=O) groups excluding carboxylic acids is 1. The Morgan fingerprint density at radius 1 is 1.12 bits per heavy atom. The van der Waals surface area contributed by atoms with E-state index in [9.17, 15) is 14.7 Å². The van der Waals surface area contributed by atoms with Gasteiger partial charge in [-0.15, -0.1) is 0 Å². The Labute approximate surface area is 153 Å². The van der Waals surface area contributed by atoms with Gasteiger partial charge in [-0.25, -0.2) is 0 Å². The fraction of sp³-hybridized carbons (Fsp3) is 0.333. The molecule has 1 saturated heterocycles. The average Bonchev–Trinajstić information content (AvgIpc) is 3.06. The second-order valence-corrected chi connectivity index (χ2v) is 7.16. The van der Waals surface area contributed by atoms with Crippen LogP contribution in [0.3, 0.4) is 0 Å². The van der Waals surface area contributed by atoms with E-state index in [1.165, 1.54) is 0 Å². The first-order valence-corrected chi connectivity index (χ1v) is 8.83. The molecule has 2 aromatic carbocycles. The molecular weight excluding hydrogens is 328 g/mol. The smallest absolute Gasteiger partial charge is 0.310 e. The molecule has 0 radical (unpaired) electrons. The lowest BCUT2D eigenvalue weighted by molar-refractivity contribution is -0.147. The summed E-state index contributed by atoms with van der Waals surface area (Å²) in [4.78, 5) is 26.1. The number of aliphatic carboxylic acids is 1. The van der Waals surface area contributed by atoms with Crippen molar-refractivity contribution in [2.45, 2.75) is 26.3 Å². The minimum atomic E-state index is -0.804. The highest BCUT2D eigenvalue weighted by Crippen LogP contribution is 2.32. The zero-order chi connectivity index (χ0) is 18.7. The summed E-state index contributed by atoms with van der Waals surface area (Å²) in [6.45, 7) is 4.56. The fourth-order valence-corrected chi connectivity index (χ4v) is 3.37. The molecular formula is C21H24N2O3. The molecule has 5 nitrogen and oxygen atoms in total. The Morgan fingerprint density at radius 2 is 1.77 bits per heavy atom. The van der Waals surface area contributed by atoms with E-state index < -0.39 is 11.4 Å². The maximum absolute atomic E-state index is 12.8. The number of carboxylic acid groups (broad SMARTS) is 1. The number of anilines is 1. The minimum Gasteiger partial charge on any atom is -0.481 e. The minimum absolute atomic E-state index is 0.122. The number of likely N-dealkylation sites (tertiary alicyclic amines) is 1. The standard InChI is InChI=1S/C21H24N2O3/c1-15(23-13-12-21(2,14-23)20(25)26)19(24)22-18-11-7-6-10-17(18)16-8-4-3-5-9-16/h3-11,15H,12-14H2,1-2H3,(H,22,24)(H,25,26). The number of benzene rings is 2. The van der Waals surface area contributed by atoms with Gasteiger partial charge in [0.2, 0.25) is 5.91 Å². The highest BCUT2D eigenvalue weighted by molar-refractivity contribution is 5.98. The van der Waals surface area contributed by atoms with Crippen molar-refractivity contribution in [3.05, 3.63) is 54.6 Å². The molecule has 0 spiro atoms. The van der Waals surface area contributed by atoms with E-state index in [2.05, 4.69) is 5.32 Å². The van der Waals surface area contributed by atoms with Crippen LogP contribution in [0.15, 0.2) is 54.6 Å². The van der Waals surface area contributed by atoms with Crippen LogP contribution in [-0.2, 0) is 9.59 Å². The Kier molecular flexibility index (Phi) is 5.09. The van der Waals surface area contributed by atoms with E-state index in [0.29, 0.717) is 19.5 Å². The van der Waals surface area contributed by atoms with Gasteiger partial charge < -0.3 is 10.4 Å². The van der Waals surface area contributed by atoms with Crippen molar-refractivity contribution in [2.24, 2.45) is 5.41 Å². The number of carbonyl (C=O) groups is 2. The summed E-state index contributed by atoms with van der Waals surface area (Å²) < 4.78 is 0. The van der Waals surface area contributed by atoms with Crippen molar-refractivity contribution in [1.29, 1.82) is 0 Å². The van der Waals surface area contributed by atoms with E-state index in [-0.39, 0.29) is 11.9 Å². The van der Waals surface area contributed by atoms with Gasteiger partial charge in [0.15, 0.2) is 0 Å². The van der Waals surface area contributed by atoms with Gasteiger partial charge in [-0.05, 0) is 31.9 Å². The summed E-state index contributed by atoms with van der Waals surface area (Å²) >= 11 is 0. The number of rotatable bonds is 5. The van der Waals surface area contributed by atoms with Crippen LogP contribution in [0.4, 0.5) is 5.69 Å². The molecule has 26 heavy (non-hydrogen) atoms. The van der Waals surface area contributed by atoms with Gasteiger partial charge in [-0.2, -0.15) is 0 Å². The Morgan fingerprint density at radius 3 is 2.42 bits per heavy atom. The zero-order valence-corrected chi connectivity index (χ0v) is 15.1. The van der Waals surface area contributed by atoms with Gasteiger partial charge in [-0.1, -0.05) is 48.5 Å². The SMILES string of the molecule is CC(C(=O)Nc1ccccc1-c1ccccc1)N1CCC(C)(C(=O)O)C1. The van der Waals surface area contributed by atoms with E-state index in [4.69, 9.17) is 0 Å². The third-order valence-electron chi connectivity index (χ3n) is 5.22. The van der Waals surface area contributed by atoms with Gasteiger partial charge >= 0.3 is 5.97 Å². The maximum Gasteiger partial charge on any atom is 0.310 e. The van der Waals surface area contributed by atoms with Crippen LogP contribution >= 0.6 is 0 Å². The van der Waals surface area contributed by atoms with Gasteiger partial charge in [0.1, 0.15) is 0 Å². The first-order valence-electron chi connectivity index (χ1n) is 8.83. The third kappa shape index (κ3) is 3.63. The predicted molar refractivity (Wildman–Crippen MR) is 102 cm³/mol. The molecule has 136 valence electrons. The highest BCUT2D eigenvalue weighted by atomic mass is 16.4. The van der Waals surface area contributed by atoms with E-state index in [1.54, 1.807) is 6.92 Å². The van der Waals surface area contributed by atoms with E-state index in [1.807, 2.05) is 66.4 Å². The molecule has 1 heterocycles. The number of nitrogens with one attached hydrogen (secondary N) is 1. The summed E-state index contributed by atoms with van der Waals surface area (Å²) in [6.07, 6.45) is 0.556. The summed E-state index contributed by atoms with van der Waals surface area (Å²) in [5.41, 5.74) is 1.98. The number of hydrogen-bond donors (Lipinski definition) is 2. The number of carboxylic acids is 1. The molecule has 1 aliphatic heterocycles. The van der Waals surface area contributed by atoms with Crippen LogP contribution in [0.2, 0.25) is 0 Å². The van der Waals surface area contributed by atoms with Gasteiger partial charge in [-0.3, -0.25) is 14.5 Å². The predicted octanol–water partition coefficient (Wildman–Crippen LogP) is 3.48. The van der Waals surface area contributed by atoms with Crippen molar-refractivity contribution in [2.75, 3.05) is 18.4 Å². The Balaban J connectivity index is 1.74. The summed E-state index contributed by atoms with van der Waals surface area (Å²) in [7, 11) is 0. The van der Waals surface area contributed by atoms with Gasteiger partial charge in [0.05, 0.1) is 11.5 Å². The molecule has 2 atom stereocenters. The normalized spacial score (nSPS) is 21.3. The molecule has 2 unspecified atom stereocenters. The third-order valence-corrected chi connectivity index (χ3v) is 5.22. The zero-order valence-electron chi connectivity index (χ0n) is 15.1. The topological polar surface area (TPSA) is 69.6 Å². The second kappa shape index (κ2) is 7.30. The second-order valence-electron chi connectivity index (χ2n) is 7.16. The molecule has 0 aliphatic carbocycles. The molecule has 2 N–H and O–H groups in total. The molecule has 1 amide bonds. The monoisotopic (exact) mass is 352 g/mol. The van der Waals surface area contributed by atoms with Gasteiger partial charge in [0, 0.05) is 24.3 Å². The van der Waals surface area contributed by atoms with Crippen LogP contribution in [0.5, 0.6) is 0 Å². The molecule has 0 bridgehead atoms. The van der Waals surface area contributed by atoms with Crippen molar-refractivity contribution < 1.29 is 14.7 Å². The lowest BCUT2D eigenvalue weighted by Crippen LogP contribution is -2.42. The van der Waals surface area contributed by atoms with Crippen molar-refractivity contribution in [3.8, 4) is 11.1 Å². The number of para-hydroxylation sites is 1. The lowest BCUT2D eigenvalue weighted by atomic mass is 9.90. The molecule has 1 aliphatic rings. The largest absolute Gasteiger partial charge is 0.481 e. The Hall–Kier alpha value is -2.66. The molecule has 2 aromatic rings. The molecule has 5 heteroatoms. The van der Waals surface area contributed by atoms with Crippen molar-refractivity contribution >= 4 is 17.6 Å². The van der Waals surface area contributed by atoms with Crippen LogP contribution in [-0.4, -0.2) is 41.0 Å². The Bertz CT molecular complexity index is 806. The quantitative estimate of drug-likeness (QED) is 0.864. The molecule has 0 aromatic heterocycles. The first-order chi connectivity index (χ1) is 12.4. The first kappa shape index (κ1) is 18.1. The number of amides is 1. The van der Waals surface area contributed by atoms with Crippen molar-refractivity contribution in [1.82, 2.24) is 4.90 Å². The van der Waals surface area contributed by atoms with Crippen LogP contribution in [0.25, 0.3) is 11.1 Å². The average molecular weight is 352 g/mol. The van der Waals surface area contributed by atoms with Crippen molar-refractivity contribution in [3.63, 3.8) is 0 Å². The molecule has 1 fully saturated rings. The summed E-state index contributed by atoms with van der Waals surface area (Å²) in [5, 5.41) is 12.4. The van der Waals surface area contributed by atoms with E-state index in [0.717, 1.165) is 16.8 Å².